The van der Waals surface area contributed by atoms with Gasteiger partial charge in [-0.25, -0.2) is 0 Å². The number of hydrogen-bond donors (Lipinski definition) is 1. The van der Waals surface area contributed by atoms with E-state index in [1.165, 1.54) is 11.3 Å². The lowest BCUT2D eigenvalue weighted by molar-refractivity contribution is -0.117. The van der Waals surface area contributed by atoms with Gasteiger partial charge in [0.15, 0.2) is 0 Å². The average Bonchev–Trinajstić information content (AvgIpc) is 2.78. The number of hydrogen-bond acceptors (Lipinski definition) is 3. The van der Waals surface area contributed by atoms with Gasteiger partial charge in [-0.1, -0.05) is 6.07 Å². The molecule has 4 heteroatoms. The summed E-state index contributed by atoms with van der Waals surface area (Å²) in [4.78, 5) is 23.1. The van der Waals surface area contributed by atoms with E-state index in [1.54, 1.807) is 17.5 Å². The molecule has 1 aliphatic rings. The smallest absolute Gasteiger partial charge is 0.293 e. The summed E-state index contributed by atoms with van der Waals surface area (Å²) >= 11 is 1.30. The van der Waals surface area contributed by atoms with Gasteiger partial charge in [0.25, 0.3) is 11.7 Å². The molecule has 3 nitrogen and oxygen atoms in total. The summed E-state index contributed by atoms with van der Waals surface area (Å²) in [5, 5.41) is 4.45. The molecule has 1 amide bonds. The van der Waals surface area contributed by atoms with Crippen LogP contribution in [0, 0.1) is 0 Å². The third kappa shape index (κ3) is 1.95. The van der Waals surface area contributed by atoms with Crippen molar-refractivity contribution in [1.82, 2.24) is 5.32 Å². The van der Waals surface area contributed by atoms with Crippen molar-refractivity contribution in [3.05, 3.63) is 22.4 Å². The maximum atomic E-state index is 11.4. The Labute approximate surface area is 79.8 Å². The summed E-state index contributed by atoms with van der Waals surface area (Å²) in [6, 6.07) is 3.68. The predicted molar refractivity (Wildman–Crippen MR) is 49.8 cm³/mol. The van der Waals surface area contributed by atoms with E-state index < -0.39 is 11.7 Å². The van der Waals surface area contributed by atoms with E-state index in [1.807, 2.05) is 0 Å². The molecule has 0 atom stereocenters. The van der Waals surface area contributed by atoms with Crippen LogP contribution in [0.3, 0.4) is 0 Å². The highest BCUT2D eigenvalue weighted by Crippen LogP contribution is 2.19. The van der Waals surface area contributed by atoms with Crippen LogP contribution in [0.15, 0.2) is 17.5 Å². The van der Waals surface area contributed by atoms with Crippen LogP contribution in [0.25, 0.3) is 0 Å². The van der Waals surface area contributed by atoms with Crippen LogP contribution in [0.4, 0.5) is 0 Å². The number of rotatable bonds is 3. The van der Waals surface area contributed by atoms with Gasteiger partial charge >= 0.3 is 0 Å². The molecule has 1 aromatic heterocycles. The largest absolute Gasteiger partial charge is 0.346 e. The summed E-state index contributed by atoms with van der Waals surface area (Å²) in [6.45, 7) is 0. The van der Waals surface area contributed by atoms with E-state index in [4.69, 9.17) is 0 Å². The van der Waals surface area contributed by atoms with Gasteiger partial charge in [-0.15, -0.1) is 11.3 Å². The van der Waals surface area contributed by atoms with Crippen molar-refractivity contribution >= 4 is 23.0 Å². The third-order valence-electron chi connectivity index (χ3n) is 1.86. The van der Waals surface area contributed by atoms with Gasteiger partial charge < -0.3 is 5.32 Å². The average molecular weight is 195 g/mol. The molecule has 13 heavy (non-hydrogen) atoms. The quantitative estimate of drug-likeness (QED) is 0.582. The Hall–Kier alpha value is -1.16. The van der Waals surface area contributed by atoms with Crippen LogP contribution < -0.4 is 5.32 Å². The molecule has 0 radical (unpaired) electrons. The summed E-state index contributed by atoms with van der Waals surface area (Å²) in [7, 11) is 0. The minimum absolute atomic E-state index is 0.247. The second kappa shape index (κ2) is 3.30. The van der Waals surface area contributed by atoms with Crippen molar-refractivity contribution in [2.75, 3.05) is 0 Å². The van der Waals surface area contributed by atoms with Gasteiger partial charge in [0.2, 0.25) is 0 Å². The molecule has 1 N–H and O–H groups in total. The number of ketones is 1. The number of carbonyl (C=O) groups is 2. The van der Waals surface area contributed by atoms with Gasteiger partial charge in [-0.3, -0.25) is 9.59 Å². The topological polar surface area (TPSA) is 46.2 Å². The van der Waals surface area contributed by atoms with Crippen molar-refractivity contribution in [3.63, 3.8) is 0 Å². The maximum absolute atomic E-state index is 11.4. The van der Waals surface area contributed by atoms with Crippen molar-refractivity contribution in [1.29, 1.82) is 0 Å². The van der Waals surface area contributed by atoms with Gasteiger partial charge in [-0.2, -0.15) is 0 Å². The van der Waals surface area contributed by atoms with E-state index in [2.05, 4.69) is 5.32 Å². The van der Waals surface area contributed by atoms with Crippen LogP contribution >= 0.6 is 11.3 Å². The standard InChI is InChI=1S/C9H9NO2S/c11-8(7-2-1-5-13-7)9(12)10-6-3-4-6/h1-2,5-6H,3-4H2,(H,10,12). The van der Waals surface area contributed by atoms with Crippen LogP contribution in [0.5, 0.6) is 0 Å². The molecule has 2 rings (SSSR count). The highest BCUT2D eigenvalue weighted by atomic mass is 32.1. The molecule has 0 spiro atoms. The monoisotopic (exact) mass is 195 g/mol. The molecule has 0 aliphatic heterocycles. The normalized spacial score (nSPS) is 15.4. The Morgan fingerprint density at radius 1 is 1.46 bits per heavy atom. The minimum Gasteiger partial charge on any atom is -0.346 e. The van der Waals surface area contributed by atoms with Crippen LogP contribution in [-0.2, 0) is 4.79 Å². The van der Waals surface area contributed by atoms with Crippen LogP contribution in [-0.4, -0.2) is 17.7 Å². The zero-order chi connectivity index (χ0) is 9.26. The fourth-order valence-corrected chi connectivity index (χ4v) is 1.66. The van der Waals surface area contributed by atoms with Crippen LogP contribution in [0.1, 0.15) is 22.5 Å². The first-order valence-corrected chi connectivity index (χ1v) is 5.04. The lowest BCUT2D eigenvalue weighted by Gasteiger charge is -1.98. The van der Waals surface area contributed by atoms with E-state index in [9.17, 15) is 9.59 Å². The zero-order valence-electron chi connectivity index (χ0n) is 6.95. The number of nitrogens with one attached hydrogen (secondary N) is 1. The Kier molecular flexibility index (Phi) is 2.14. The first-order chi connectivity index (χ1) is 6.27. The first-order valence-electron chi connectivity index (χ1n) is 4.16. The van der Waals surface area contributed by atoms with E-state index in [-0.39, 0.29) is 6.04 Å². The van der Waals surface area contributed by atoms with Crippen molar-refractivity contribution in [3.8, 4) is 0 Å². The van der Waals surface area contributed by atoms with Crippen molar-refractivity contribution in [2.24, 2.45) is 0 Å². The molecule has 0 aromatic carbocycles. The van der Waals surface area contributed by atoms with E-state index in [0.717, 1.165) is 12.8 Å². The van der Waals surface area contributed by atoms with Gasteiger partial charge in [0, 0.05) is 6.04 Å². The maximum Gasteiger partial charge on any atom is 0.293 e. The summed E-state index contributed by atoms with van der Waals surface area (Å²) in [5.41, 5.74) is 0. The van der Waals surface area contributed by atoms with Crippen LogP contribution in [0.2, 0.25) is 0 Å². The summed E-state index contributed by atoms with van der Waals surface area (Å²) < 4.78 is 0. The molecular formula is C9H9NO2S. The molecule has 1 saturated carbocycles. The highest BCUT2D eigenvalue weighted by molar-refractivity contribution is 7.13. The molecule has 1 aromatic rings. The highest BCUT2D eigenvalue weighted by Gasteiger charge is 2.27. The third-order valence-corrected chi connectivity index (χ3v) is 2.73. The fourth-order valence-electron chi connectivity index (χ4n) is 0.998. The molecule has 1 aliphatic carbocycles. The summed E-state index contributed by atoms with van der Waals surface area (Å²) in [6.07, 6.45) is 2.01. The Morgan fingerprint density at radius 3 is 2.77 bits per heavy atom. The molecule has 68 valence electrons. The first kappa shape index (κ1) is 8.44. The number of thiophene rings is 1. The van der Waals surface area contributed by atoms with Crippen molar-refractivity contribution < 1.29 is 9.59 Å². The molecular weight excluding hydrogens is 186 g/mol. The lowest BCUT2D eigenvalue weighted by Crippen LogP contribution is -2.32. The van der Waals surface area contributed by atoms with E-state index >= 15 is 0 Å². The van der Waals surface area contributed by atoms with Gasteiger partial charge in [0.1, 0.15) is 0 Å². The Bertz CT molecular complexity index is 327. The fraction of sp³-hybridized carbons (Fsp3) is 0.333. The second-order valence-corrected chi connectivity index (χ2v) is 4.00. The number of Topliss-reactive ketones (excluding diaryl/α,β-unsaturated/α-hetero) is 1. The molecule has 0 unspecified atom stereocenters. The van der Waals surface area contributed by atoms with Gasteiger partial charge in [0.05, 0.1) is 4.88 Å². The molecule has 1 heterocycles. The zero-order valence-corrected chi connectivity index (χ0v) is 7.76. The Morgan fingerprint density at radius 2 is 2.23 bits per heavy atom. The second-order valence-electron chi connectivity index (χ2n) is 3.05. The minimum atomic E-state index is -0.468. The number of carbonyl (C=O) groups excluding carboxylic acids is 2. The summed E-state index contributed by atoms with van der Waals surface area (Å²) in [5.74, 6) is -0.883. The van der Waals surface area contributed by atoms with Gasteiger partial charge in [-0.05, 0) is 24.3 Å². The SMILES string of the molecule is O=C(NC1CC1)C(=O)c1cccs1. The lowest BCUT2D eigenvalue weighted by atomic mass is 10.3. The predicted octanol–water partition coefficient (Wildman–Crippen LogP) is 1.21. The molecule has 0 bridgehead atoms. The van der Waals surface area contributed by atoms with Crippen molar-refractivity contribution in [2.45, 2.75) is 18.9 Å². The molecule has 0 saturated heterocycles. The Balaban J connectivity index is 1.99. The molecule has 1 fully saturated rings. The number of amides is 1. The van der Waals surface area contributed by atoms with E-state index in [0.29, 0.717) is 4.88 Å².